The number of carbonyl (C=O) groups excluding carboxylic acids is 2. The molecule has 1 aromatic rings. The molecular formula is C11H13NO2S. The molecule has 1 aromatic heterocycles. The van der Waals surface area contributed by atoms with Gasteiger partial charge in [-0.15, -0.1) is 11.3 Å². The van der Waals surface area contributed by atoms with Crippen molar-refractivity contribution in [2.45, 2.75) is 32.2 Å². The molecule has 3 nitrogen and oxygen atoms in total. The Labute approximate surface area is 92.5 Å². The van der Waals surface area contributed by atoms with Crippen LogP contribution >= 0.6 is 11.3 Å². The van der Waals surface area contributed by atoms with Crippen LogP contribution in [0.15, 0.2) is 11.4 Å². The summed E-state index contributed by atoms with van der Waals surface area (Å²) in [7, 11) is 0. The maximum atomic E-state index is 12.0. The van der Waals surface area contributed by atoms with Gasteiger partial charge in [0.05, 0.1) is 5.54 Å². The molecule has 0 aromatic carbocycles. The number of hydrogen-bond donors (Lipinski definition) is 1. The largest absolute Gasteiger partial charge is 0.343 e. The first-order chi connectivity index (χ1) is 6.93. The standard InChI is InChI=1S/C11H13NO2S/c1-6-4-5-15-8(6)7-9(13)11(2,3)12-10(7)14/h4-5,7H,1-3H3,(H,12,14). The highest BCUT2D eigenvalue weighted by Crippen LogP contribution is 2.34. The quantitative estimate of drug-likeness (QED) is 0.735. The maximum Gasteiger partial charge on any atom is 0.236 e. The molecule has 1 amide bonds. The average Bonchev–Trinajstić information content (AvgIpc) is 2.58. The van der Waals surface area contributed by atoms with Gasteiger partial charge in [-0.3, -0.25) is 9.59 Å². The van der Waals surface area contributed by atoms with E-state index in [-0.39, 0.29) is 11.7 Å². The Morgan fingerprint density at radius 2 is 2.07 bits per heavy atom. The minimum Gasteiger partial charge on any atom is -0.343 e. The minimum atomic E-state index is -0.724. The molecule has 0 radical (unpaired) electrons. The van der Waals surface area contributed by atoms with Crippen LogP contribution in [0.2, 0.25) is 0 Å². The molecule has 4 heteroatoms. The van der Waals surface area contributed by atoms with E-state index in [4.69, 9.17) is 0 Å². The van der Waals surface area contributed by atoms with E-state index in [9.17, 15) is 9.59 Å². The number of nitrogens with one attached hydrogen (secondary N) is 1. The lowest BCUT2D eigenvalue weighted by molar-refractivity contribution is -0.124. The number of hydrogen-bond acceptors (Lipinski definition) is 3. The van der Waals surface area contributed by atoms with Crippen molar-refractivity contribution in [2.24, 2.45) is 0 Å². The third kappa shape index (κ3) is 1.49. The zero-order valence-corrected chi connectivity index (χ0v) is 9.77. The number of carbonyl (C=O) groups is 2. The van der Waals surface area contributed by atoms with Crippen molar-refractivity contribution < 1.29 is 9.59 Å². The molecule has 1 atom stereocenters. The molecule has 2 rings (SSSR count). The van der Waals surface area contributed by atoms with Gasteiger partial charge in [-0.1, -0.05) is 0 Å². The van der Waals surface area contributed by atoms with Gasteiger partial charge < -0.3 is 5.32 Å². The highest BCUT2D eigenvalue weighted by Gasteiger charge is 2.47. The van der Waals surface area contributed by atoms with Crippen molar-refractivity contribution in [3.63, 3.8) is 0 Å². The summed E-state index contributed by atoms with van der Waals surface area (Å²) < 4.78 is 0. The van der Waals surface area contributed by atoms with Crippen LogP contribution in [-0.4, -0.2) is 17.2 Å². The first kappa shape index (κ1) is 10.4. The Morgan fingerprint density at radius 1 is 1.40 bits per heavy atom. The van der Waals surface area contributed by atoms with Crippen LogP contribution in [-0.2, 0) is 9.59 Å². The highest BCUT2D eigenvalue weighted by atomic mass is 32.1. The number of Topliss-reactive ketones (excluding diaryl/α,β-unsaturated/α-hetero) is 1. The SMILES string of the molecule is Cc1ccsc1C1C(=O)NC(C)(C)C1=O. The molecule has 0 saturated carbocycles. The van der Waals surface area contributed by atoms with E-state index in [1.165, 1.54) is 11.3 Å². The van der Waals surface area contributed by atoms with Gasteiger partial charge >= 0.3 is 0 Å². The van der Waals surface area contributed by atoms with E-state index >= 15 is 0 Å². The summed E-state index contributed by atoms with van der Waals surface area (Å²) in [6.45, 7) is 5.42. The van der Waals surface area contributed by atoms with Gasteiger partial charge in [-0.25, -0.2) is 0 Å². The van der Waals surface area contributed by atoms with Crippen LogP contribution in [0.5, 0.6) is 0 Å². The van der Waals surface area contributed by atoms with Crippen LogP contribution < -0.4 is 5.32 Å². The van der Waals surface area contributed by atoms with E-state index in [1.54, 1.807) is 13.8 Å². The molecule has 1 aliphatic rings. The van der Waals surface area contributed by atoms with E-state index < -0.39 is 11.5 Å². The third-order valence-electron chi connectivity index (χ3n) is 2.74. The summed E-state index contributed by atoms with van der Waals surface area (Å²) in [5, 5.41) is 4.64. The normalized spacial score (nSPS) is 24.3. The van der Waals surface area contributed by atoms with Crippen molar-refractivity contribution in [1.29, 1.82) is 0 Å². The van der Waals surface area contributed by atoms with Crippen molar-refractivity contribution in [3.05, 3.63) is 21.9 Å². The Kier molecular flexibility index (Phi) is 2.19. The lowest BCUT2D eigenvalue weighted by Gasteiger charge is -2.14. The van der Waals surface area contributed by atoms with E-state index in [2.05, 4.69) is 5.32 Å². The zero-order chi connectivity index (χ0) is 11.2. The minimum absolute atomic E-state index is 0.0296. The van der Waals surface area contributed by atoms with Gasteiger partial charge in [-0.2, -0.15) is 0 Å². The summed E-state index contributed by atoms with van der Waals surface area (Å²) in [6.07, 6.45) is 0. The monoisotopic (exact) mass is 223 g/mol. The predicted octanol–water partition coefficient (Wildman–Crippen LogP) is 1.62. The van der Waals surface area contributed by atoms with Crippen molar-refractivity contribution in [3.8, 4) is 0 Å². The van der Waals surface area contributed by atoms with Gasteiger partial charge in [0.1, 0.15) is 5.92 Å². The first-order valence-electron chi connectivity index (χ1n) is 4.84. The van der Waals surface area contributed by atoms with Crippen LogP contribution in [0, 0.1) is 6.92 Å². The first-order valence-corrected chi connectivity index (χ1v) is 5.72. The molecule has 1 saturated heterocycles. The fourth-order valence-corrected chi connectivity index (χ4v) is 2.86. The van der Waals surface area contributed by atoms with Gasteiger partial charge in [-0.05, 0) is 37.8 Å². The number of rotatable bonds is 1. The molecular weight excluding hydrogens is 210 g/mol. The fourth-order valence-electron chi connectivity index (χ4n) is 1.84. The molecule has 0 bridgehead atoms. The molecule has 0 spiro atoms. The second-order valence-corrected chi connectivity index (χ2v) is 5.33. The van der Waals surface area contributed by atoms with Gasteiger partial charge in [0.25, 0.3) is 0 Å². The second kappa shape index (κ2) is 3.17. The van der Waals surface area contributed by atoms with E-state index in [0.717, 1.165) is 10.4 Å². The van der Waals surface area contributed by atoms with Gasteiger partial charge in [0.15, 0.2) is 5.78 Å². The number of thiophene rings is 1. The van der Waals surface area contributed by atoms with Crippen molar-refractivity contribution in [2.75, 3.05) is 0 Å². The summed E-state index contributed by atoms with van der Waals surface area (Å²) in [5.74, 6) is -0.798. The molecule has 2 heterocycles. The fraction of sp³-hybridized carbons (Fsp3) is 0.455. The van der Waals surface area contributed by atoms with Crippen LogP contribution in [0.4, 0.5) is 0 Å². The topological polar surface area (TPSA) is 46.2 Å². The average molecular weight is 223 g/mol. The number of ketones is 1. The Bertz CT molecular complexity index is 434. The van der Waals surface area contributed by atoms with Crippen LogP contribution in [0.25, 0.3) is 0 Å². The molecule has 15 heavy (non-hydrogen) atoms. The van der Waals surface area contributed by atoms with Crippen LogP contribution in [0.3, 0.4) is 0 Å². The van der Waals surface area contributed by atoms with Gasteiger partial charge in [0.2, 0.25) is 5.91 Å². The lowest BCUT2D eigenvalue weighted by atomic mass is 9.92. The van der Waals surface area contributed by atoms with Crippen molar-refractivity contribution >= 4 is 23.0 Å². The summed E-state index contributed by atoms with van der Waals surface area (Å²) >= 11 is 1.47. The molecule has 0 aliphatic carbocycles. The lowest BCUT2D eigenvalue weighted by Crippen LogP contribution is -2.39. The third-order valence-corrected chi connectivity index (χ3v) is 3.82. The molecule has 1 fully saturated rings. The maximum absolute atomic E-state index is 12.0. The molecule has 1 N–H and O–H groups in total. The predicted molar refractivity (Wildman–Crippen MR) is 59.0 cm³/mol. The Balaban J connectivity index is 2.44. The number of amides is 1. The van der Waals surface area contributed by atoms with E-state index in [0.29, 0.717) is 0 Å². The zero-order valence-electron chi connectivity index (χ0n) is 8.96. The van der Waals surface area contributed by atoms with E-state index in [1.807, 2.05) is 18.4 Å². The second-order valence-electron chi connectivity index (χ2n) is 4.38. The Hall–Kier alpha value is -1.16. The Morgan fingerprint density at radius 3 is 2.47 bits per heavy atom. The summed E-state index contributed by atoms with van der Waals surface area (Å²) in [4.78, 5) is 24.6. The van der Waals surface area contributed by atoms with Gasteiger partial charge in [0, 0.05) is 4.88 Å². The molecule has 1 aliphatic heterocycles. The smallest absolute Gasteiger partial charge is 0.236 e. The van der Waals surface area contributed by atoms with Crippen LogP contribution in [0.1, 0.15) is 30.2 Å². The molecule has 1 unspecified atom stereocenters. The number of aryl methyl sites for hydroxylation is 1. The summed E-state index contributed by atoms with van der Waals surface area (Å²) in [6, 6.07) is 1.94. The van der Waals surface area contributed by atoms with Crippen molar-refractivity contribution in [1.82, 2.24) is 5.32 Å². The summed E-state index contributed by atoms with van der Waals surface area (Å²) in [5.41, 5.74) is 0.296. The molecule has 80 valence electrons. The highest BCUT2D eigenvalue weighted by molar-refractivity contribution is 7.10.